The fraction of sp³-hybridized carbons (Fsp3) is 0.310. The Morgan fingerprint density at radius 3 is 2.24 bits per heavy atom. The zero-order chi connectivity index (χ0) is 23.3. The zero-order valence-electron chi connectivity index (χ0n) is 19.4. The molecule has 0 radical (unpaired) electrons. The van der Waals surface area contributed by atoms with Crippen LogP contribution in [0, 0.1) is 0 Å². The number of hydrogen-bond donors (Lipinski definition) is 2. The molecule has 1 aromatic heterocycles. The van der Waals surface area contributed by atoms with Crippen LogP contribution in [0.2, 0.25) is 0 Å². The molecule has 1 saturated heterocycles. The average molecular weight is 458 g/mol. The van der Waals surface area contributed by atoms with Gasteiger partial charge in [0.1, 0.15) is 35.2 Å². The molecule has 176 valence electrons. The Kier molecular flexibility index (Phi) is 6.72. The Bertz CT molecular complexity index is 1220. The van der Waals surface area contributed by atoms with Crippen molar-refractivity contribution in [2.24, 2.45) is 0 Å². The van der Waals surface area contributed by atoms with Crippen LogP contribution in [0.25, 0.3) is 22.3 Å². The van der Waals surface area contributed by atoms with E-state index in [9.17, 15) is 10.2 Å². The number of fused-ring (bicyclic) bond motifs is 1. The SMILES string of the molecule is Oc1ccc(-c2oc3cc(O)ccc3c2Cc2ccc(OCCN3CCCCCC3)cc2)cc1. The fourth-order valence-electron chi connectivity index (χ4n) is 4.72. The summed E-state index contributed by atoms with van der Waals surface area (Å²) >= 11 is 0. The highest BCUT2D eigenvalue weighted by Gasteiger charge is 2.17. The van der Waals surface area contributed by atoms with E-state index < -0.39 is 0 Å². The maximum atomic E-state index is 9.92. The third-order valence-electron chi connectivity index (χ3n) is 6.59. The molecular formula is C29H31NO4. The number of likely N-dealkylation sites (tertiary alicyclic amines) is 1. The van der Waals surface area contributed by atoms with Crippen molar-refractivity contribution in [3.63, 3.8) is 0 Å². The van der Waals surface area contributed by atoms with Crippen LogP contribution in [-0.2, 0) is 6.42 Å². The Balaban J connectivity index is 1.31. The van der Waals surface area contributed by atoms with Crippen molar-refractivity contribution >= 4 is 11.0 Å². The van der Waals surface area contributed by atoms with Crippen LogP contribution in [0.1, 0.15) is 36.8 Å². The first-order valence-corrected chi connectivity index (χ1v) is 12.1. The standard InChI is InChI=1S/C29H31NO4/c31-23-9-7-22(8-10-23)29-27(26-14-11-24(32)20-28(26)34-29)19-21-5-12-25(13-6-21)33-18-17-30-15-3-1-2-4-16-30/h5-14,20,31-32H,1-4,15-19H2. The molecule has 4 aromatic rings. The maximum Gasteiger partial charge on any atom is 0.138 e. The van der Waals surface area contributed by atoms with E-state index in [-0.39, 0.29) is 11.5 Å². The first-order valence-electron chi connectivity index (χ1n) is 12.1. The molecule has 5 heteroatoms. The monoisotopic (exact) mass is 457 g/mol. The van der Waals surface area contributed by atoms with Crippen molar-refractivity contribution in [2.45, 2.75) is 32.1 Å². The van der Waals surface area contributed by atoms with E-state index in [1.807, 2.05) is 30.3 Å². The summed E-state index contributed by atoms with van der Waals surface area (Å²) in [6.07, 6.45) is 5.97. The van der Waals surface area contributed by atoms with Crippen molar-refractivity contribution in [3.8, 4) is 28.6 Å². The summed E-state index contributed by atoms with van der Waals surface area (Å²) in [7, 11) is 0. The lowest BCUT2D eigenvalue weighted by atomic mass is 9.98. The molecular weight excluding hydrogens is 426 g/mol. The normalized spacial score (nSPS) is 14.8. The van der Waals surface area contributed by atoms with Crippen LogP contribution in [0.15, 0.2) is 71.1 Å². The van der Waals surface area contributed by atoms with Gasteiger partial charge in [-0.15, -0.1) is 0 Å². The van der Waals surface area contributed by atoms with Gasteiger partial charge in [0.15, 0.2) is 0 Å². The third-order valence-corrected chi connectivity index (χ3v) is 6.59. The molecule has 2 N–H and O–H groups in total. The summed E-state index contributed by atoms with van der Waals surface area (Å²) < 4.78 is 12.2. The molecule has 0 atom stereocenters. The van der Waals surface area contributed by atoms with E-state index in [1.54, 1.807) is 24.3 Å². The van der Waals surface area contributed by atoms with Gasteiger partial charge in [-0.1, -0.05) is 25.0 Å². The van der Waals surface area contributed by atoms with Gasteiger partial charge >= 0.3 is 0 Å². The first kappa shape index (κ1) is 22.4. The number of rotatable bonds is 7. The van der Waals surface area contributed by atoms with Gasteiger partial charge in [0.25, 0.3) is 0 Å². The molecule has 0 amide bonds. The lowest BCUT2D eigenvalue weighted by Crippen LogP contribution is -2.29. The number of nitrogens with zero attached hydrogens (tertiary/aromatic N) is 1. The van der Waals surface area contributed by atoms with Crippen LogP contribution in [-0.4, -0.2) is 41.4 Å². The molecule has 34 heavy (non-hydrogen) atoms. The van der Waals surface area contributed by atoms with E-state index in [0.29, 0.717) is 18.6 Å². The predicted octanol–water partition coefficient (Wildman–Crippen LogP) is 6.36. The number of phenolic OH excluding ortho intramolecular Hbond substituents is 2. The smallest absolute Gasteiger partial charge is 0.138 e. The number of aromatic hydroxyl groups is 2. The summed E-state index contributed by atoms with van der Waals surface area (Å²) in [4.78, 5) is 2.51. The molecule has 2 heterocycles. The van der Waals surface area contributed by atoms with Gasteiger partial charge in [0.2, 0.25) is 0 Å². The van der Waals surface area contributed by atoms with E-state index in [0.717, 1.165) is 40.1 Å². The molecule has 3 aromatic carbocycles. The summed E-state index contributed by atoms with van der Waals surface area (Å²) in [6.45, 7) is 4.05. The van der Waals surface area contributed by atoms with Crippen molar-refractivity contribution in [2.75, 3.05) is 26.2 Å². The molecule has 1 aliphatic heterocycles. The molecule has 0 saturated carbocycles. The lowest BCUT2D eigenvalue weighted by Gasteiger charge is -2.19. The molecule has 1 aliphatic rings. The van der Waals surface area contributed by atoms with Crippen molar-refractivity contribution in [1.29, 1.82) is 0 Å². The minimum Gasteiger partial charge on any atom is -0.508 e. The molecule has 0 bridgehead atoms. The molecule has 0 unspecified atom stereocenters. The van der Waals surface area contributed by atoms with Crippen molar-refractivity contribution < 1.29 is 19.4 Å². The number of phenols is 2. The van der Waals surface area contributed by atoms with Crippen LogP contribution in [0.4, 0.5) is 0 Å². The minimum absolute atomic E-state index is 0.173. The second-order valence-corrected chi connectivity index (χ2v) is 9.06. The Morgan fingerprint density at radius 2 is 1.50 bits per heavy atom. The highest BCUT2D eigenvalue weighted by molar-refractivity contribution is 5.89. The molecule has 0 aliphatic carbocycles. The third kappa shape index (κ3) is 5.20. The number of ether oxygens (including phenoxy) is 1. The van der Waals surface area contributed by atoms with Gasteiger partial charge in [-0.25, -0.2) is 0 Å². The van der Waals surface area contributed by atoms with Gasteiger partial charge in [-0.05, 0) is 80.0 Å². The Hall–Kier alpha value is -3.44. The van der Waals surface area contributed by atoms with E-state index >= 15 is 0 Å². The number of hydrogen-bond acceptors (Lipinski definition) is 5. The van der Waals surface area contributed by atoms with Gasteiger partial charge in [0, 0.05) is 35.5 Å². The Labute approximate surface area is 200 Å². The highest BCUT2D eigenvalue weighted by atomic mass is 16.5. The topological polar surface area (TPSA) is 66.1 Å². The molecule has 1 fully saturated rings. The predicted molar refractivity (Wildman–Crippen MR) is 135 cm³/mol. The zero-order valence-corrected chi connectivity index (χ0v) is 19.4. The Morgan fingerprint density at radius 1 is 0.794 bits per heavy atom. The quantitative estimate of drug-likeness (QED) is 0.338. The first-order chi connectivity index (χ1) is 16.7. The summed E-state index contributed by atoms with van der Waals surface area (Å²) in [5, 5.41) is 20.6. The van der Waals surface area contributed by atoms with Crippen molar-refractivity contribution in [1.82, 2.24) is 4.90 Å². The summed E-state index contributed by atoms with van der Waals surface area (Å²) in [6, 6.07) is 20.5. The highest BCUT2D eigenvalue weighted by Crippen LogP contribution is 2.37. The number of furan rings is 1. The van der Waals surface area contributed by atoms with Crippen LogP contribution < -0.4 is 4.74 Å². The maximum absolute atomic E-state index is 9.92. The minimum atomic E-state index is 0.173. The van der Waals surface area contributed by atoms with Crippen molar-refractivity contribution in [3.05, 3.63) is 77.9 Å². The molecule has 5 nitrogen and oxygen atoms in total. The second kappa shape index (κ2) is 10.2. The lowest BCUT2D eigenvalue weighted by molar-refractivity contribution is 0.214. The summed E-state index contributed by atoms with van der Waals surface area (Å²) in [5.41, 5.74) is 3.73. The largest absolute Gasteiger partial charge is 0.508 e. The van der Waals surface area contributed by atoms with Gasteiger partial charge in [0.05, 0.1) is 0 Å². The van der Waals surface area contributed by atoms with E-state index in [4.69, 9.17) is 9.15 Å². The van der Waals surface area contributed by atoms with Crippen LogP contribution in [0.5, 0.6) is 17.2 Å². The van der Waals surface area contributed by atoms with Crippen LogP contribution >= 0.6 is 0 Å². The van der Waals surface area contributed by atoms with Crippen LogP contribution in [0.3, 0.4) is 0 Å². The van der Waals surface area contributed by atoms with Gasteiger partial charge < -0.3 is 19.4 Å². The number of benzene rings is 3. The fourth-order valence-corrected chi connectivity index (χ4v) is 4.72. The van der Waals surface area contributed by atoms with E-state index in [1.165, 1.54) is 38.8 Å². The van der Waals surface area contributed by atoms with Gasteiger partial charge in [-0.3, -0.25) is 4.90 Å². The summed E-state index contributed by atoms with van der Waals surface area (Å²) in [5.74, 6) is 2.02. The van der Waals surface area contributed by atoms with E-state index in [2.05, 4.69) is 17.0 Å². The molecule has 0 spiro atoms. The average Bonchev–Trinajstić information content (AvgIpc) is 3.00. The second-order valence-electron chi connectivity index (χ2n) is 9.06. The van der Waals surface area contributed by atoms with Gasteiger partial charge in [-0.2, -0.15) is 0 Å². The molecule has 5 rings (SSSR count).